The van der Waals surface area contributed by atoms with E-state index in [-0.39, 0.29) is 11.8 Å². The van der Waals surface area contributed by atoms with Gasteiger partial charge in [-0.3, -0.25) is 14.5 Å². The van der Waals surface area contributed by atoms with Crippen LogP contribution in [0.4, 0.5) is 0 Å². The van der Waals surface area contributed by atoms with Crippen LogP contribution in [0.15, 0.2) is 28.7 Å². The van der Waals surface area contributed by atoms with E-state index in [1.807, 2.05) is 29.2 Å². The zero-order chi connectivity index (χ0) is 16.1. The Morgan fingerprint density at radius 3 is 2.55 bits per heavy atom. The molecule has 1 aliphatic heterocycles. The lowest BCUT2D eigenvalue weighted by Gasteiger charge is -2.30. The van der Waals surface area contributed by atoms with Gasteiger partial charge in [0.25, 0.3) is 0 Å². The van der Waals surface area contributed by atoms with Crippen LogP contribution in [0.1, 0.15) is 18.4 Å². The molecule has 1 N–H and O–H groups in total. The molecule has 1 saturated heterocycles. The van der Waals surface area contributed by atoms with Gasteiger partial charge in [-0.15, -0.1) is 0 Å². The molecule has 120 valence electrons. The number of aliphatic carboxylic acids is 1. The Hall–Kier alpha value is -1.40. The number of rotatable bonds is 5. The number of likely N-dealkylation sites (tertiary alicyclic amines) is 1. The van der Waals surface area contributed by atoms with Crippen molar-refractivity contribution in [2.45, 2.75) is 19.4 Å². The molecular weight excluding hydrogens is 348 g/mol. The molecule has 2 rings (SSSR count). The second kappa shape index (κ2) is 7.74. The molecule has 1 aromatic rings. The summed E-state index contributed by atoms with van der Waals surface area (Å²) in [5, 5.41) is 8.99. The van der Waals surface area contributed by atoms with Gasteiger partial charge in [-0.05, 0) is 37.6 Å². The first kappa shape index (κ1) is 17.0. The van der Waals surface area contributed by atoms with Crippen LogP contribution in [0.25, 0.3) is 0 Å². The number of hydrogen-bond donors (Lipinski definition) is 1. The molecule has 1 aromatic carbocycles. The first-order valence-electron chi connectivity index (χ1n) is 7.40. The van der Waals surface area contributed by atoms with Crippen LogP contribution in [0, 0.1) is 5.92 Å². The summed E-state index contributed by atoms with van der Waals surface area (Å²) < 4.78 is 0.997. The average molecular weight is 369 g/mol. The predicted molar refractivity (Wildman–Crippen MR) is 87.4 cm³/mol. The molecule has 0 atom stereocenters. The summed E-state index contributed by atoms with van der Waals surface area (Å²) in [6, 6.07) is 7.85. The third-order valence-corrected chi connectivity index (χ3v) is 4.86. The first-order chi connectivity index (χ1) is 10.5. The lowest BCUT2D eigenvalue weighted by molar-refractivity contribution is -0.143. The third kappa shape index (κ3) is 4.55. The second-order valence-corrected chi connectivity index (χ2v) is 6.58. The molecule has 22 heavy (non-hydrogen) atoms. The minimum Gasteiger partial charge on any atom is -0.481 e. The van der Waals surface area contributed by atoms with Gasteiger partial charge in [0.05, 0.1) is 12.5 Å². The highest BCUT2D eigenvalue weighted by Crippen LogP contribution is 2.19. The Balaban J connectivity index is 1.82. The standard InChI is InChI=1S/C16H21BrN2O3/c1-18(10-13-4-2-3-5-14(13)17)15(20)11-19-8-6-12(7-9-19)16(21)22/h2-5,12H,6-11H2,1H3,(H,21,22). The molecule has 0 bridgehead atoms. The van der Waals surface area contributed by atoms with E-state index in [1.165, 1.54) is 0 Å². The van der Waals surface area contributed by atoms with Crippen molar-refractivity contribution in [1.29, 1.82) is 0 Å². The van der Waals surface area contributed by atoms with Crippen LogP contribution >= 0.6 is 15.9 Å². The van der Waals surface area contributed by atoms with E-state index in [9.17, 15) is 9.59 Å². The lowest BCUT2D eigenvalue weighted by atomic mass is 9.97. The van der Waals surface area contributed by atoms with E-state index < -0.39 is 5.97 Å². The minimum atomic E-state index is -0.725. The van der Waals surface area contributed by atoms with Crippen LogP contribution < -0.4 is 0 Å². The number of halogens is 1. The van der Waals surface area contributed by atoms with Gasteiger partial charge < -0.3 is 10.0 Å². The van der Waals surface area contributed by atoms with Crippen molar-refractivity contribution in [3.05, 3.63) is 34.3 Å². The number of carbonyl (C=O) groups is 2. The number of nitrogens with zero attached hydrogens (tertiary/aromatic N) is 2. The molecular formula is C16H21BrN2O3. The quantitative estimate of drug-likeness (QED) is 0.865. The molecule has 1 aliphatic rings. The number of carbonyl (C=O) groups excluding carboxylic acids is 1. The number of likely N-dealkylation sites (N-methyl/N-ethyl adjacent to an activating group) is 1. The van der Waals surface area contributed by atoms with Crippen molar-refractivity contribution in [2.24, 2.45) is 5.92 Å². The molecule has 6 heteroatoms. The number of piperidine rings is 1. The van der Waals surface area contributed by atoms with Crippen molar-refractivity contribution in [2.75, 3.05) is 26.7 Å². The molecule has 1 heterocycles. The molecule has 0 radical (unpaired) electrons. The van der Waals surface area contributed by atoms with Gasteiger partial charge >= 0.3 is 5.97 Å². The van der Waals surface area contributed by atoms with Gasteiger partial charge in [-0.25, -0.2) is 0 Å². The molecule has 0 unspecified atom stereocenters. The Morgan fingerprint density at radius 2 is 1.95 bits per heavy atom. The zero-order valence-corrected chi connectivity index (χ0v) is 14.3. The largest absolute Gasteiger partial charge is 0.481 e. The first-order valence-corrected chi connectivity index (χ1v) is 8.19. The maximum atomic E-state index is 12.3. The Labute approximate surface area is 139 Å². The lowest BCUT2D eigenvalue weighted by Crippen LogP contribution is -2.43. The normalized spacial score (nSPS) is 16.5. The van der Waals surface area contributed by atoms with Crippen LogP contribution in [-0.4, -0.2) is 53.5 Å². The number of carboxylic acid groups (broad SMARTS) is 1. The topological polar surface area (TPSA) is 60.9 Å². The summed E-state index contributed by atoms with van der Waals surface area (Å²) in [5.74, 6) is -0.925. The van der Waals surface area contributed by atoms with E-state index in [0.29, 0.717) is 39.0 Å². The van der Waals surface area contributed by atoms with E-state index in [0.717, 1.165) is 10.0 Å². The van der Waals surface area contributed by atoms with Gasteiger partial charge in [0, 0.05) is 18.1 Å². The number of carboxylic acids is 1. The summed E-state index contributed by atoms with van der Waals surface area (Å²) in [4.78, 5) is 27.0. The van der Waals surface area contributed by atoms with E-state index >= 15 is 0 Å². The molecule has 0 aliphatic carbocycles. The molecule has 5 nitrogen and oxygen atoms in total. The van der Waals surface area contributed by atoms with Crippen LogP contribution in [0.3, 0.4) is 0 Å². The van der Waals surface area contributed by atoms with Crippen LogP contribution in [-0.2, 0) is 16.1 Å². The SMILES string of the molecule is CN(Cc1ccccc1Br)C(=O)CN1CCC(C(=O)O)CC1. The molecule has 0 spiro atoms. The van der Waals surface area contributed by atoms with Gasteiger partial charge in [0.2, 0.25) is 5.91 Å². The smallest absolute Gasteiger partial charge is 0.306 e. The Bertz CT molecular complexity index is 542. The van der Waals surface area contributed by atoms with Gasteiger partial charge in [-0.2, -0.15) is 0 Å². The van der Waals surface area contributed by atoms with E-state index in [4.69, 9.17) is 5.11 Å². The molecule has 0 aromatic heterocycles. The average Bonchev–Trinajstić information content (AvgIpc) is 2.50. The summed E-state index contributed by atoms with van der Waals surface area (Å²) in [6.07, 6.45) is 1.24. The molecule has 0 saturated carbocycles. The highest BCUT2D eigenvalue weighted by Gasteiger charge is 2.26. The highest BCUT2D eigenvalue weighted by atomic mass is 79.9. The maximum absolute atomic E-state index is 12.3. The summed E-state index contributed by atoms with van der Waals surface area (Å²) in [6.45, 7) is 2.26. The van der Waals surface area contributed by atoms with Gasteiger partial charge in [0.1, 0.15) is 0 Å². The fourth-order valence-corrected chi connectivity index (χ4v) is 3.03. The summed E-state index contributed by atoms with van der Waals surface area (Å²) in [7, 11) is 1.80. The Kier molecular flexibility index (Phi) is 5.97. The fourth-order valence-electron chi connectivity index (χ4n) is 2.62. The summed E-state index contributed by atoms with van der Waals surface area (Å²) >= 11 is 3.49. The Morgan fingerprint density at radius 1 is 1.32 bits per heavy atom. The highest BCUT2D eigenvalue weighted by molar-refractivity contribution is 9.10. The second-order valence-electron chi connectivity index (χ2n) is 5.73. The minimum absolute atomic E-state index is 0.0597. The number of amides is 1. The third-order valence-electron chi connectivity index (χ3n) is 4.09. The molecule has 1 amide bonds. The maximum Gasteiger partial charge on any atom is 0.306 e. The number of benzene rings is 1. The van der Waals surface area contributed by atoms with Crippen LogP contribution in [0.2, 0.25) is 0 Å². The predicted octanol–water partition coefficient (Wildman–Crippen LogP) is 2.20. The van der Waals surface area contributed by atoms with Crippen molar-refractivity contribution >= 4 is 27.8 Å². The van der Waals surface area contributed by atoms with Crippen LogP contribution in [0.5, 0.6) is 0 Å². The van der Waals surface area contributed by atoms with Gasteiger partial charge in [0.15, 0.2) is 0 Å². The van der Waals surface area contributed by atoms with Crippen molar-refractivity contribution in [1.82, 2.24) is 9.80 Å². The van der Waals surface area contributed by atoms with Crippen molar-refractivity contribution in [3.63, 3.8) is 0 Å². The zero-order valence-electron chi connectivity index (χ0n) is 12.7. The summed E-state index contributed by atoms with van der Waals surface area (Å²) in [5.41, 5.74) is 1.07. The number of hydrogen-bond acceptors (Lipinski definition) is 3. The van der Waals surface area contributed by atoms with Crippen molar-refractivity contribution < 1.29 is 14.7 Å². The van der Waals surface area contributed by atoms with E-state index in [2.05, 4.69) is 15.9 Å². The van der Waals surface area contributed by atoms with Gasteiger partial charge in [-0.1, -0.05) is 34.1 Å². The van der Waals surface area contributed by atoms with E-state index in [1.54, 1.807) is 11.9 Å². The van der Waals surface area contributed by atoms with Crippen molar-refractivity contribution in [3.8, 4) is 0 Å². The fraction of sp³-hybridized carbons (Fsp3) is 0.500. The monoisotopic (exact) mass is 368 g/mol. The molecule has 1 fully saturated rings.